The van der Waals surface area contributed by atoms with Crippen molar-refractivity contribution in [3.05, 3.63) is 70.5 Å². The van der Waals surface area contributed by atoms with Crippen LogP contribution in [0.4, 0.5) is 11.6 Å². The molecule has 3 amide bonds. The van der Waals surface area contributed by atoms with Gasteiger partial charge in [0.25, 0.3) is 17.7 Å². The maximum atomic E-state index is 13.3. The average Bonchev–Trinajstić information content (AvgIpc) is 3.90. The van der Waals surface area contributed by atoms with Crippen molar-refractivity contribution in [2.75, 3.05) is 91.5 Å². The Morgan fingerprint density at radius 1 is 0.754 bits per heavy atom. The lowest BCUT2D eigenvalue weighted by Crippen LogP contribution is -3.00. The Hall–Kier alpha value is -4.49. The summed E-state index contributed by atoms with van der Waals surface area (Å²) in [4.78, 5) is 46.4. The molecule has 0 unspecified atom stereocenters. The third-order valence-corrected chi connectivity index (χ3v) is 11.7. The second-order valence-electron chi connectivity index (χ2n) is 15.7. The van der Waals surface area contributed by atoms with Crippen LogP contribution in [0.5, 0.6) is 11.5 Å². The fourth-order valence-electron chi connectivity index (χ4n) is 8.16. The number of nitrogens with zero attached hydrogens (tertiary/aromatic N) is 3. The molecule has 0 saturated carbocycles. The zero-order valence-electron chi connectivity index (χ0n) is 34.7. The number of carbonyl (C=O) groups excluding carboxylic acids is 3. The Morgan fingerprint density at radius 3 is 1.75 bits per heavy atom. The highest BCUT2D eigenvalue weighted by Crippen LogP contribution is 2.25. The summed E-state index contributed by atoms with van der Waals surface area (Å²) in [6, 6.07) is 15.2. The number of methoxy groups -OCH3 is 2. The molecule has 61 heavy (non-hydrogen) atoms. The molecule has 0 aliphatic carbocycles. The predicted octanol–water partition coefficient (Wildman–Crippen LogP) is -0.909. The number of amides is 3. The monoisotopic (exact) mass is 888 g/mol. The number of anilines is 2. The SMILES string of the molecule is CO[C@H]1COC[C@@H]1NC(=O)COc1ccc(CCC[N+]2(CCCc3ccc(OCC(=O)N[C@H]4COC[C@@H]4OC)cc3)CCC[C@H](NC(=O)c3nc(Cl)c(N)nc3N)C2)cc1.[Cl-]. The van der Waals surface area contributed by atoms with Crippen LogP contribution in [-0.4, -0.2) is 143 Å². The fraction of sp³-hybridized carbons (Fsp3) is 0.548. The first-order valence-corrected chi connectivity index (χ1v) is 20.9. The summed E-state index contributed by atoms with van der Waals surface area (Å²) in [5.74, 6) is 0.262. The number of quaternary nitrogens is 1. The Bertz CT molecular complexity index is 1810. The van der Waals surface area contributed by atoms with Gasteiger partial charge in [-0.1, -0.05) is 35.9 Å². The average molecular weight is 890 g/mol. The van der Waals surface area contributed by atoms with E-state index >= 15 is 0 Å². The van der Waals surface area contributed by atoms with Crippen molar-refractivity contribution in [3.63, 3.8) is 0 Å². The number of benzene rings is 2. The molecule has 19 heteroatoms. The van der Waals surface area contributed by atoms with Gasteiger partial charge in [0.05, 0.1) is 70.7 Å². The largest absolute Gasteiger partial charge is 1.00 e. The maximum absolute atomic E-state index is 13.3. The van der Waals surface area contributed by atoms with Crippen LogP contribution < -0.4 is 49.3 Å². The van der Waals surface area contributed by atoms with Crippen molar-refractivity contribution in [1.82, 2.24) is 25.9 Å². The van der Waals surface area contributed by atoms with Gasteiger partial charge >= 0.3 is 0 Å². The molecule has 0 spiro atoms. The van der Waals surface area contributed by atoms with E-state index in [0.29, 0.717) is 37.9 Å². The first-order chi connectivity index (χ1) is 29.0. The summed E-state index contributed by atoms with van der Waals surface area (Å²) < 4.78 is 33.9. The summed E-state index contributed by atoms with van der Waals surface area (Å²) >= 11 is 6.08. The van der Waals surface area contributed by atoms with Crippen LogP contribution in [-0.2, 0) is 41.4 Å². The highest BCUT2D eigenvalue weighted by molar-refractivity contribution is 6.31. The molecule has 3 aliphatic rings. The van der Waals surface area contributed by atoms with Gasteiger partial charge in [-0.3, -0.25) is 14.4 Å². The lowest BCUT2D eigenvalue weighted by molar-refractivity contribution is -0.933. The highest BCUT2D eigenvalue weighted by Gasteiger charge is 2.36. The van der Waals surface area contributed by atoms with E-state index < -0.39 is 5.91 Å². The third-order valence-electron chi connectivity index (χ3n) is 11.4. The number of aryl methyl sites for hydroxylation is 2. The van der Waals surface area contributed by atoms with Crippen molar-refractivity contribution >= 4 is 41.0 Å². The number of ether oxygens (including phenoxy) is 6. The van der Waals surface area contributed by atoms with Gasteiger partial charge in [0.1, 0.15) is 23.7 Å². The highest BCUT2D eigenvalue weighted by atomic mass is 35.5. The number of likely N-dealkylation sites (tertiary alicyclic amines) is 1. The number of nitrogens with two attached hydrogens (primary N) is 2. The number of nitrogen functional groups attached to an aromatic ring is 2. The molecule has 3 aliphatic heterocycles. The summed E-state index contributed by atoms with van der Waals surface area (Å²) in [6.07, 6.45) is 5.00. The van der Waals surface area contributed by atoms with E-state index in [2.05, 4.69) is 25.9 Å². The Labute approximate surface area is 367 Å². The van der Waals surface area contributed by atoms with Gasteiger partial charge < -0.3 is 72.7 Å². The molecule has 0 bridgehead atoms. The molecule has 6 rings (SSSR count). The van der Waals surface area contributed by atoms with Crippen LogP contribution in [0.2, 0.25) is 5.15 Å². The summed E-state index contributed by atoms with van der Waals surface area (Å²) in [5, 5.41) is 8.91. The van der Waals surface area contributed by atoms with E-state index in [1.165, 1.54) is 11.1 Å². The molecule has 334 valence electrons. The van der Waals surface area contributed by atoms with E-state index in [-0.39, 0.29) is 90.3 Å². The number of piperidine rings is 1. The molecule has 3 fully saturated rings. The van der Waals surface area contributed by atoms with Gasteiger partial charge in [0.2, 0.25) is 0 Å². The van der Waals surface area contributed by atoms with E-state index in [0.717, 1.165) is 69.2 Å². The molecule has 1 aromatic heterocycles. The van der Waals surface area contributed by atoms with Crippen LogP contribution in [0, 0.1) is 0 Å². The first kappa shape index (κ1) is 47.6. The van der Waals surface area contributed by atoms with E-state index in [4.69, 9.17) is 51.5 Å². The van der Waals surface area contributed by atoms with Gasteiger partial charge in [0, 0.05) is 27.1 Å². The van der Waals surface area contributed by atoms with Crippen molar-refractivity contribution < 1.29 is 59.7 Å². The minimum absolute atomic E-state index is 0. The van der Waals surface area contributed by atoms with Crippen LogP contribution in [0.15, 0.2) is 48.5 Å². The minimum atomic E-state index is -0.426. The standard InChI is InChI=1S/C42H57ClN8O9.ClH/c1-55-34-23-57-21-32(34)47-36(52)25-59-30-13-9-27(10-14-30)6-3-17-51(19-5-8-29(20-51)46-42(54)38-40(44)50-41(45)39(43)49-38)18-4-7-28-11-15-31(16-12-28)60-26-37(53)48-33-22-58-24-35(33)56-2;/h9-16,29,32-35H,3-8,17-26H2,1-2H3,(H6-,44,45,46,47,48,50,52,53,54);1H/t29-,32-,33-,34-,35-;/m0./s1. The number of aromatic nitrogens is 2. The molecule has 3 aromatic rings. The minimum Gasteiger partial charge on any atom is -1.00 e. The van der Waals surface area contributed by atoms with Crippen LogP contribution in [0.1, 0.15) is 47.3 Å². The number of nitrogens with one attached hydrogen (secondary N) is 3. The molecular formula is C42H58Cl2N8O9. The number of carbonyl (C=O) groups is 3. The van der Waals surface area contributed by atoms with Crippen LogP contribution >= 0.6 is 11.6 Å². The zero-order chi connectivity index (χ0) is 42.5. The topological polar surface area (TPSA) is 221 Å². The zero-order valence-corrected chi connectivity index (χ0v) is 36.3. The van der Waals surface area contributed by atoms with E-state index in [1.807, 2.05) is 48.5 Å². The molecule has 0 radical (unpaired) electrons. The molecule has 17 nitrogen and oxygen atoms in total. The van der Waals surface area contributed by atoms with Gasteiger partial charge in [-0.25, -0.2) is 9.97 Å². The predicted molar refractivity (Wildman–Crippen MR) is 224 cm³/mol. The second-order valence-corrected chi connectivity index (χ2v) is 16.0. The third kappa shape index (κ3) is 13.8. The fourth-order valence-corrected chi connectivity index (χ4v) is 8.29. The Morgan fingerprint density at radius 2 is 1.26 bits per heavy atom. The molecule has 3 saturated heterocycles. The molecule has 2 aromatic carbocycles. The lowest BCUT2D eigenvalue weighted by Gasteiger charge is -2.45. The maximum Gasteiger partial charge on any atom is 0.274 e. The van der Waals surface area contributed by atoms with Crippen molar-refractivity contribution in [2.45, 2.75) is 68.9 Å². The second kappa shape index (κ2) is 23.1. The Balaban J connectivity index is 0.00000704. The lowest BCUT2D eigenvalue weighted by atomic mass is 9.99. The van der Waals surface area contributed by atoms with E-state index in [1.54, 1.807) is 14.2 Å². The van der Waals surface area contributed by atoms with Gasteiger partial charge in [-0.05, 0) is 61.1 Å². The number of rotatable bonds is 20. The Kier molecular flexibility index (Phi) is 18.0. The van der Waals surface area contributed by atoms with E-state index in [9.17, 15) is 14.4 Å². The molecule has 5 atom stereocenters. The van der Waals surface area contributed by atoms with Crippen molar-refractivity contribution in [1.29, 1.82) is 0 Å². The quantitative estimate of drug-likeness (QED) is 0.0870. The normalized spacial score (nSPS) is 21.9. The number of hydrogen-bond donors (Lipinski definition) is 5. The number of hydrogen-bond acceptors (Lipinski definition) is 13. The van der Waals surface area contributed by atoms with Crippen molar-refractivity contribution in [3.8, 4) is 11.5 Å². The summed E-state index contributed by atoms with van der Waals surface area (Å²) in [7, 11) is 3.21. The first-order valence-electron chi connectivity index (χ1n) is 20.5. The van der Waals surface area contributed by atoms with Gasteiger partial charge in [-0.15, -0.1) is 0 Å². The molecular weight excluding hydrogens is 831 g/mol. The smallest absolute Gasteiger partial charge is 0.274 e. The number of halogens is 2. The van der Waals surface area contributed by atoms with Crippen LogP contribution in [0.25, 0.3) is 0 Å². The summed E-state index contributed by atoms with van der Waals surface area (Å²) in [6.45, 7) is 5.12. The van der Waals surface area contributed by atoms with Gasteiger partial charge in [0.15, 0.2) is 35.7 Å². The molecule has 4 heterocycles. The van der Waals surface area contributed by atoms with Crippen LogP contribution in [0.3, 0.4) is 0 Å². The summed E-state index contributed by atoms with van der Waals surface area (Å²) in [5.41, 5.74) is 14.0. The molecule has 7 N–H and O–H groups in total. The van der Waals surface area contributed by atoms with Gasteiger partial charge in [-0.2, -0.15) is 0 Å². The van der Waals surface area contributed by atoms with Crippen molar-refractivity contribution in [2.24, 2.45) is 0 Å².